The van der Waals surface area contributed by atoms with Crippen molar-refractivity contribution in [2.75, 3.05) is 26.7 Å². The van der Waals surface area contributed by atoms with Crippen LogP contribution in [-0.2, 0) is 0 Å². The molecule has 0 spiro atoms. The predicted octanol–water partition coefficient (Wildman–Crippen LogP) is 1.51. The van der Waals surface area contributed by atoms with E-state index in [-0.39, 0.29) is 0 Å². The molecule has 11 heavy (non-hydrogen) atoms. The number of allylic oxidation sites excluding steroid dienone is 1. The van der Waals surface area contributed by atoms with Crippen LogP contribution in [0.2, 0.25) is 0 Å². The van der Waals surface area contributed by atoms with Crippen LogP contribution in [-0.4, -0.2) is 36.5 Å². The highest BCUT2D eigenvalue weighted by Crippen LogP contribution is 2.15. The second-order valence-corrected chi connectivity index (χ2v) is 2.97. The first kappa shape index (κ1) is 8.44. The molecule has 0 aliphatic carbocycles. The molecule has 1 rings (SSSR count). The first-order valence-electron chi connectivity index (χ1n) is 4.45. The molecule has 1 aliphatic heterocycles. The van der Waals surface area contributed by atoms with Crippen molar-refractivity contribution in [3.8, 4) is 0 Å². The van der Waals surface area contributed by atoms with Crippen molar-refractivity contribution in [3.63, 3.8) is 0 Å². The van der Waals surface area contributed by atoms with Gasteiger partial charge in [-0.3, -0.25) is 0 Å². The van der Waals surface area contributed by atoms with Crippen LogP contribution in [0.15, 0.2) is 11.9 Å². The zero-order valence-corrected chi connectivity index (χ0v) is 7.80. The summed E-state index contributed by atoms with van der Waals surface area (Å²) in [5, 5.41) is 0. The standard InChI is InChI=1S/C9H18N2/c1-4-6-9-10(3)7-8-11(9)5-2/h6H,4-5,7-8H2,1-3H3/b9-6-. The Morgan fingerprint density at radius 1 is 1.36 bits per heavy atom. The summed E-state index contributed by atoms with van der Waals surface area (Å²) in [6, 6.07) is 0. The third-order valence-corrected chi connectivity index (χ3v) is 2.19. The summed E-state index contributed by atoms with van der Waals surface area (Å²) in [7, 11) is 2.16. The molecule has 0 atom stereocenters. The van der Waals surface area contributed by atoms with E-state index in [1.165, 1.54) is 18.9 Å². The minimum Gasteiger partial charge on any atom is -0.360 e. The smallest absolute Gasteiger partial charge is 0.0996 e. The van der Waals surface area contributed by atoms with Crippen LogP contribution < -0.4 is 0 Å². The Balaban J connectivity index is 2.63. The van der Waals surface area contributed by atoms with Gasteiger partial charge in [0.2, 0.25) is 0 Å². The van der Waals surface area contributed by atoms with Crippen molar-refractivity contribution in [2.24, 2.45) is 0 Å². The highest BCUT2D eigenvalue weighted by atomic mass is 15.4. The average molecular weight is 154 g/mol. The largest absolute Gasteiger partial charge is 0.360 e. The Morgan fingerprint density at radius 3 is 2.64 bits per heavy atom. The first-order valence-corrected chi connectivity index (χ1v) is 4.45. The molecule has 1 fully saturated rings. The Bertz CT molecular complexity index is 152. The molecule has 0 saturated carbocycles. The fourth-order valence-electron chi connectivity index (χ4n) is 1.53. The second-order valence-electron chi connectivity index (χ2n) is 2.97. The van der Waals surface area contributed by atoms with Crippen LogP contribution in [0.4, 0.5) is 0 Å². The molecule has 0 aromatic carbocycles. The SMILES string of the molecule is CC/C=C1/N(C)CCN1CC. The van der Waals surface area contributed by atoms with Crippen LogP contribution in [0.5, 0.6) is 0 Å². The molecule has 0 amide bonds. The zero-order valence-electron chi connectivity index (χ0n) is 7.80. The van der Waals surface area contributed by atoms with Gasteiger partial charge in [0.05, 0.1) is 5.82 Å². The van der Waals surface area contributed by atoms with Crippen LogP contribution in [0, 0.1) is 0 Å². The molecule has 0 N–H and O–H groups in total. The van der Waals surface area contributed by atoms with Gasteiger partial charge in [0.1, 0.15) is 0 Å². The summed E-state index contributed by atoms with van der Waals surface area (Å²) in [6.07, 6.45) is 3.44. The number of likely N-dealkylation sites (N-methyl/N-ethyl adjacent to an activating group) is 2. The minimum absolute atomic E-state index is 1.14. The summed E-state index contributed by atoms with van der Waals surface area (Å²) >= 11 is 0. The molecule has 0 aromatic rings. The summed E-state index contributed by atoms with van der Waals surface area (Å²) in [5.74, 6) is 1.41. The molecule has 1 aliphatic rings. The molecule has 0 bridgehead atoms. The summed E-state index contributed by atoms with van der Waals surface area (Å²) in [4.78, 5) is 4.75. The van der Waals surface area contributed by atoms with Crippen LogP contribution in [0.1, 0.15) is 20.3 Å². The minimum atomic E-state index is 1.14. The number of hydrogen-bond donors (Lipinski definition) is 0. The van der Waals surface area contributed by atoms with E-state index in [1.54, 1.807) is 0 Å². The highest BCUT2D eigenvalue weighted by Gasteiger charge is 2.18. The summed E-state index contributed by atoms with van der Waals surface area (Å²) < 4.78 is 0. The van der Waals surface area contributed by atoms with E-state index < -0.39 is 0 Å². The van der Waals surface area contributed by atoms with Gasteiger partial charge in [-0.2, -0.15) is 0 Å². The normalized spacial score (nSPS) is 21.9. The number of nitrogens with zero attached hydrogens (tertiary/aromatic N) is 2. The van der Waals surface area contributed by atoms with E-state index in [0.717, 1.165) is 13.0 Å². The van der Waals surface area contributed by atoms with Crippen molar-refractivity contribution >= 4 is 0 Å². The van der Waals surface area contributed by atoms with Crippen LogP contribution in [0.3, 0.4) is 0 Å². The molecule has 2 heteroatoms. The van der Waals surface area contributed by atoms with E-state index in [2.05, 4.69) is 36.8 Å². The first-order chi connectivity index (χ1) is 5.29. The molecule has 0 aromatic heterocycles. The van der Waals surface area contributed by atoms with Crippen molar-refractivity contribution in [1.82, 2.24) is 9.80 Å². The van der Waals surface area contributed by atoms with Crippen LogP contribution in [0.25, 0.3) is 0 Å². The van der Waals surface area contributed by atoms with Gasteiger partial charge >= 0.3 is 0 Å². The molecule has 1 heterocycles. The quantitative estimate of drug-likeness (QED) is 0.595. The topological polar surface area (TPSA) is 6.48 Å². The van der Waals surface area contributed by atoms with Crippen LogP contribution >= 0.6 is 0 Å². The maximum absolute atomic E-state index is 2.42. The molecule has 2 nitrogen and oxygen atoms in total. The van der Waals surface area contributed by atoms with E-state index in [0.29, 0.717) is 0 Å². The fourth-order valence-corrected chi connectivity index (χ4v) is 1.53. The lowest BCUT2D eigenvalue weighted by molar-refractivity contribution is 0.379. The lowest BCUT2D eigenvalue weighted by Gasteiger charge is -2.20. The lowest BCUT2D eigenvalue weighted by atomic mass is 10.4. The highest BCUT2D eigenvalue weighted by molar-refractivity contribution is 5.04. The van der Waals surface area contributed by atoms with Crippen molar-refractivity contribution < 1.29 is 0 Å². The monoisotopic (exact) mass is 154 g/mol. The van der Waals surface area contributed by atoms with Gasteiger partial charge in [0, 0.05) is 26.7 Å². The van der Waals surface area contributed by atoms with Gasteiger partial charge in [-0.15, -0.1) is 0 Å². The Morgan fingerprint density at radius 2 is 2.09 bits per heavy atom. The van der Waals surface area contributed by atoms with Gasteiger partial charge in [0.15, 0.2) is 0 Å². The van der Waals surface area contributed by atoms with Gasteiger partial charge in [-0.1, -0.05) is 6.92 Å². The molecule has 0 radical (unpaired) electrons. The van der Waals surface area contributed by atoms with E-state index in [1.807, 2.05) is 0 Å². The second kappa shape index (κ2) is 3.65. The average Bonchev–Trinajstić information content (AvgIpc) is 2.34. The van der Waals surface area contributed by atoms with Gasteiger partial charge in [-0.05, 0) is 19.4 Å². The Hall–Kier alpha value is -0.660. The molecule has 1 saturated heterocycles. The zero-order chi connectivity index (χ0) is 8.27. The third-order valence-electron chi connectivity index (χ3n) is 2.19. The van der Waals surface area contributed by atoms with Gasteiger partial charge in [0.25, 0.3) is 0 Å². The summed E-state index contributed by atoms with van der Waals surface area (Å²) in [6.45, 7) is 7.91. The fraction of sp³-hybridized carbons (Fsp3) is 0.778. The maximum Gasteiger partial charge on any atom is 0.0996 e. The van der Waals surface area contributed by atoms with E-state index in [4.69, 9.17) is 0 Å². The molecular weight excluding hydrogens is 136 g/mol. The molecule has 64 valence electrons. The number of hydrogen-bond acceptors (Lipinski definition) is 2. The Kier molecular flexibility index (Phi) is 2.80. The van der Waals surface area contributed by atoms with E-state index >= 15 is 0 Å². The van der Waals surface area contributed by atoms with Gasteiger partial charge < -0.3 is 9.80 Å². The maximum atomic E-state index is 2.42. The van der Waals surface area contributed by atoms with E-state index in [9.17, 15) is 0 Å². The summed E-state index contributed by atoms with van der Waals surface area (Å²) in [5.41, 5.74) is 0. The molecular formula is C9H18N2. The van der Waals surface area contributed by atoms with Crippen molar-refractivity contribution in [2.45, 2.75) is 20.3 Å². The van der Waals surface area contributed by atoms with Crippen molar-refractivity contribution in [3.05, 3.63) is 11.9 Å². The molecule has 0 unspecified atom stereocenters. The number of rotatable bonds is 2. The van der Waals surface area contributed by atoms with Gasteiger partial charge in [-0.25, -0.2) is 0 Å². The lowest BCUT2D eigenvalue weighted by Crippen LogP contribution is -2.20. The van der Waals surface area contributed by atoms with Crippen molar-refractivity contribution in [1.29, 1.82) is 0 Å². The predicted molar refractivity (Wildman–Crippen MR) is 48.3 cm³/mol. The third kappa shape index (κ3) is 1.67. The Labute approximate surface area is 69.5 Å².